The molecule has 0 N–H and O–H groups in total. The molecule has 3 aromatic heterocycles. The number of hydrogen-bond acceptors (Lipinski definition) is 3. The molecule has 4 aromatic carbocycles. The summed E-state index contributed by atoms with van der Waals surface area (Å²) >= 11 is 0. The Morgan fingerprint density at radius 2 is 1.22 bits per heavy atom. The third kappa shape index (κ3) is 4.65. The molecule has 0 spiro atoms. The van der Waals surface area contributed by atoms with Crippen molar-refractivity contribution in [3.05, 3.63) is 157 Å². The number of allylic oxidation sites excluding steroid dienone is 12. The van der Waals surface area contributed by atoms with E-state index in [9.17, 15) is 0 Å². The van der Waals surface area contributed by atoms with Crippen LogP contribution in [0.25, 0.3) is 72.2 Å². The molecule has 10 rings (SSSR count). The van der Waals surface area contributed by atoms with Gasteiger partial charge in [0.15, 0.2) is 11.6 Å². The molecule has 5 nitrogen and oxygen atoms in total. The number of hydrogen-bond donors (Lipinski definition) is 0. The standard InChI is InChI=1S/C45H35N5/c1-4-14-30(15-5-1)31-24-26-34(27-25-31)49-39-22-12-10-20-35(39)37-28-29-38-36-21-11-13-23-40(36)50(42(38)41(37)49)45-47-43(32-16-6-2-7-17-32)46-44(48-45)33-18-8-3-9-19-33/h2-4,6-8,10-18,20-24,26,28-29H,1,5,9,19,25,27H2. The average molecular weight is 646 g/mol. The van der Waals surface area contributed by atoms with Gasteiger partial charge in [0, 0.05) is 32.8 Å². The van der Waals surface area contributed by atoms with E-state index in [0.717, 1.165) is 66.5 Å². The highest BCUT2D eigenvalue weighted by Gasteiger charge is 2.25. The fourth-order valence-electron chi connectivity index (χ4n) is 8.03. The van der Waals surface area contributed by atoms with Crippen LogP contribution in [-0.2, 0) is 0 Å². The van der Waals surface area contributed by atoms with Crippen LogP contribution in [0.4, 0.5) is 0 Å². The summed E-state index contributed by atoms with van der Waals surface area (Å²) in [4.78, 5) is 15.6. The topological polar surface area (TPSA) is 48.5 Å². The lowest BCUT2D eigenvalue weighted by molar-refractivity contribution is 0.911. The Kier molecular flexibility index (Phi) is 6.83. The molecule has 0 bridgehead atoms. The first-order valence-electron chi connectivity index (χ1n) is 17.7. The third-order valence-electron chi connectivity index (χ3n) is 10.4. The summed E-state index contributed by atoms with van der Waals surface area (Å²) in [6.07, 6.45) is 24.2. The smallest absolute Gasteiger partial charge is 0.238 e. The minimum atomic E-state index is 0.635. The van der Waals surface area contributed by atoms with Gasteiger partial charge in [0.2, 0.25) is 5.95 Å². The number of rotatable bonds is 5. The van der Waals surface area contributed by atoms with Gasteiger partial charge in [-0.3, -0.25) is 4.57 Å². The zero-order valence-electron chi connectivity index (χ0n) is 27.8. The highest BCUT2D eigenvalue weighted by molar-refractivity contribution is 6.24. The summed E-state index contributed by atoms with van der Waals surface area (Å²) in [6.45, 7) is 0. The third-order valence-corrected chi connectivity index (χ3v) is 10.4. The highest BCUT2D eigenvalue weighted by Crippen LogP contribution is 2.43. The zero-order chi connectivity index (χ0) is 33.0. The molecular formula is C45H35N5. The minimum absolute atomic E-state index is 0.635. The molecule has 50 heavy (non-hydrogen) atoms. The molecule has 0 amide bonds. The van der Waals surface area contributed by atoms with Crippen molar-refractivity contribution in [2.45, 2.75) is 38.5 Å². The first-order valence-corrected chi connectivity index (χ1v) is 17.7. The normalized spacial score (nSPS) is 16.2. The Bertz CT molecular complexity index is 2690. The predicted octanol–water partition coefficient (Wildman–Crippen LogP) is 11.3. The van der Waals surface area contributed by atoms with Crippen molar-refractivity contribution in [1.82, 2.24) is 24.1 Å². The van der Waals surface area contributed by atoms with Crippen molar-refractivity contribution in [1.29, 1.82) is 0 Å². The van der Waals surface area contributed by atoms with E-state index in [0.29, 0.717) is 11.8 Å². The van der Waals surface area contributed by atoms with Gasteiger partial charge in [0.05, 0.1) is 22.1 Å². The van der Waals surface area contributed by atoms with Crippen LogP contribution in [0.3, 0.4) is 0 Å². The summed E-state index contributed by atoms with van der Waals surface area (Å²) in [5, 5.41) is 4.84. The largest absolute Gasteiger partial charge is 0.311 e. The van der Waals surface area contributed by atoms with Crippen LogP contribution < -0.4 is 0 Å². The van der Waals surface area contributed by atoms with E-state index in [-0.39, 0.29) is 0 Å². The molecule has 3 aliphatic carbocycles. The molecule has 240 valence electrons. The van der Waals surface area contributed by atoms with Crippen molar-refractivity contribution >= 4 is 54.9 Å². The second-order valence-electron chi connectivity index (χ2n) is 13.4. The Morgan fingerprint density at radius 1 is 0.500 bits per heavy atom. The molecule has 0 unspecified atom stereocenters. The van der Waals surface area contributed by atoms with Crippen LogP contribution in [0, 0.1) is 0 Å². The van der Waals surface area contributed by atoms with Gasteiger partial charge in [0.25, 0.3) is 0 Å². The van der Waals surface area contributed by atoms with E-state index in [1.54, 1.807) is 0 Å². The maximum absolute atomic E-state index is 5.28. The number of para-hydroxylation sites is 2. The summed E-state index contributed by atoms with van der Waals surface area (Å²) < 4.78 is 4.80. The molecule has 3 heterocycles. The number of fused-ring (bicyclic) bond motifs is 7. The lowest BCUT2D eigenvalue weighted by Gasteiger charge is -2.20. The predicted molar refractivity (Wildman–Crippen MR) is 207 cm³/mol. The van der Waals surface area contributed by atoms with E-state index in [1.807, 2.05) is 18.2 Å². The zero-order valence-corrected chi connectivity index (χ0v) is 27.8. The van der Waals surface area contributed by atoms with Gasteiger partial charge >= 0.3 is 0 Å². The highest BCUT2D eigenvalue weighted by atomic mass is 15.2. The van der Waals surface area contributed by atoms with Crippen LogP contribution in [0.1, 0.15) is 44.3 Å². The molecule has 7 aromatic rings. The SMILES string of the molecule is C1=CCCC(c2nc(-c3ccccc3)nc(-n3c4ccccc4c4ccc5c6ccccc6n(C6=CC=C(C7=CCCC=C7)CC6)c5c43)n2)=C1. The van der Waals surface area contributed by atoms with Gasteiger partial charge in [-0.25, -0.2) is 4.98 Å². The molecule has 0 atom stereocenters. The van der Waals surface area contributed by atoms with Crippen molar-refractivity contribution in [2.24, 2.45) is 0 Å². The molecule has 0 fully saturated rings. The minimum Gasteiger partial charge on any atom is -0.311 e. The van der Waals surface area contributed by atoms with Crippen LogP contribution >= 0.6 is 0 Å². The number of nitrogens with zero attached hydrogens (tertiary/aromatic N) is 5. The van der Waals surface area contributed by atoms with E-state index < -0.39 is 0 Å². The van der Waals surface area contributed by atoms with E-state index in [4.69, 9.17) is 15.0 Å². The van der Waals surface area contributed by atoms with Gasteiger partial charge in [-0.05, 0) is 73.5 Å². The van der Waals surface area contributed by atoms with Crippen molar-refractivity contribution < 1.29 is 0 Å². The lowest BCUT2D eigenvalue weighted by atomic mass is 9.92. The quantitative estimate of drug-likeness (QED) is 0.187. The van der Waals surface area contributed by atoms with Gasteiger partial charge in [0.1, 0.15) is 0 Å². The van der Waals surface area contributed by atoms with Gasteiger partial charge < -0.3 is 4.57 Å². The first kappa shape index (κ1) is 28.9. The van der Waals surface area contributed by atoms with Gasteiger partial charge in [-0.2, -0.15) is 9.97 Å². The van der Waals surface area contributed by atoms with E-state index in [1.165, 1.54) is 49.4 Å². The van der Waals surface area contributed by atoms with Gasteiger partial charge in [-0.1, -0.05) is 121 Å². The molecular weight excluding hydrogens is 611 g/mol. The summed E-state index contributed by atoms with van der Waals surface area (Å²) in [7, 11) is 0. The molecule has 0 saturated carbocycles. The van der Waals surface area contributed by atoms with Crippen molar-refractivity contribution in [3.8, 4) is 17.3 Å². The van der Waals surface area contributed by atoms with Crippen LogP contribution in [0.15, 0.2) is 151 Å². The second kappa shape index (κ2) is 11.8. The van der Waals surface area contributed by atoms with Crippen LogP contribution in [-0.4, -0.2) is 24.1 Å². The fourth-order valence-corrected chi connectivity index (χ4v) is 8.03. The summed E-state index contributed by atoms with van der Waals surface area (Å²) in [5.74, 6) is 2.05. The monoisotopic (exact) mass is 645 g/mol. The summed E-state index contributed by atoms with van der Waals surface area (Å²) in [5.41, 5.74) is 10.8. The Labute approximate surface area is 290 Å². The first-order chi connectivity index (χ1) is 24.8. The molecule has 0 radical (unpaired) electrons. The number of benzene rings is 4. The van der Waals surface area contributed by atoms with Crippen molar-refractivity contribution in [2.75, 3.05) is 0 Å². The average Bonchev–Trinajstić information content (AvgIpc) is 3.72. The van der Waals surface area contributed by atoms with E-state index in [2.05, 4.69) is 131 Å². The Hall–Kier alpha value is -6.07. The van der Waals surface area contributed by atoms with E-state index >= 15 is 0 Å². The summed E-state index contributed by atoms with van der Waals surface area (Å²) in [6, 6.07) is 32.4. The molecule has 3 aliphatic rings. The molecule has 5 heteroatoms. The lowest BCUT2D eigenvalue weighted by Crippen LogP contribution is -2.09. The van der Waals surface area contributed by atoms with Crippen molar-refractivity contribution in [3.63, 3.8) is 0 Å². The number of aromatic nitrogens is 5. The Balaban J connectivity index is 1.30. The molecule has 0 saturated heterocycles. The van der Waals surface area contributed by atoms with Gasteiger partial charge in [-0.15, -0.1) is 0 Å². The van der Waals surface area contributed by atoms with Crippen LogP contribution in [0.5, 0.6) is 0 Å². The fraction of sp³-hybridized carbons (Fsp3) is 0.133. The Morgan fingerprint density at radius 3 is 1.92 bits per heavy atom. The maximum Gasteiger partial charge on any atom is 0.238 e. The second-order valence-corrected chi connectivity index (χ2v) is 13.4. The molecule has 0 aliphatic heterocycles. The maximum atomic E-state index is 5.28. The van der Waals surface area contributed by atoms with Crippen LogP contribution in [0.2, 0.25) is 0 Å².